The molecule has 0 spiro atoms. The van der Waals surface area contributed by atoms with Crippen LogP contribution in [0, 0.1) is 0 Å². The average Bonchev–Trinajstić information content (AvgIpc) is 1.59. The second-order valence-electron chi connectivity index (χ2n) is 2.80. The van der Waals surface area contributed by atoms with Gasteiger partial charge in [-0.05, 0) is 13.3 Å². The van der Waals surface area contributed by atoms with E-state index in [4.69, 9.17) is 0 Å². The molecule has 0 aromatic carbocycles. The van der Waals surface area contributed by atoms with E-state index in [0.717, 1.165) is 6.42 Å². The van der Waals surface area contributed by atoms with Crippen LogP contribution in [0.3, 0.4) is 0 Å². The molecule has 60 valence electrons. The predicted octanol–water partition coefficient (Wildman–Crippen LogP) is -0.323. The number of aliphatic hydroxyl groups is 1. The molecule has 3 nitrogen and oxygen atoms in total. The van der Waals surface area contributed by atoms with Crippen molar-refractivity contribution in [2.45, 2.75) is 38.7 Å². The van der Waals surface area contributed by atoms with E-state index in [1.165, 1.54) is 6.92 Å². The highest BCUT2D eigenvalue weighted by molar-refractivity contribution is 5.65. The van der Waals surface area contributed by atoms with Crippen LogP contribution in [0.15, 0.2) is 0 Å². The summed E-state index contributed by atoms with van der Waals surface area (Å²) in [5.41, 5.74) is -1.09. The molecular weight excluding hydrogens is 132 g/mol. The van der Waals surface area contributed by atoms with Crippen molar-refractivity contribution in [2.24, 2.45) is 0 Å². The molecule has 0 heterocycles. The predicted molar refractivity (Wildman–Crippen MR) is 35.2 cm³/mol. The zero-order valence-corrected chi connectivity index (χ0v) is 6.39. The van der Waals surface area contributed by atoms with Gasteiger partial charge >= 0.3 is 0 Å². The van der Waals surface area contributed by atoms with Crippen LogP contribution in [0.4, 0.5) is 0 Å². The van der Waals surface area contributed by atoms with E-state index in [9.17, 15) is 15.0 Å². The normalized spacial score (nSPS) is 16.3. The van der Waals surface area contributed by atoms with Crippen LogP contribution in [0.25, 0.3) is 0 Å². The van der Waals surface area contributed by atoms with E-state index in [1.807, 2.05) is 6.92 Å². The summed E-state index contributed by atoms with van der Waals surface area (Å²) < 4.78 is 0. The third-order valence-electron chi connectivity index (χ3n) is 1.31. The molecule has 0 aromatic rings. The van der Waals surface area contributed by atoms with Crippen molar-refractivity contribution in [3.8, 4) is 0 Å². The molecule has 0 rings (SSSR count). The fourth-order valence-electron chi connectivity index (χ4n) is 0.938. The Morgan fingerprint density at radius 3 is 2.50 bits per heavy atom. The van der Waals surface area contributed by atoms with E-state index in [2.05, 4.69) is 0 Å². The second-order valence-corrected chi connectivity index (χ2v) is 2.80. The highest BCUT2D eigenvalue weighted by atomic mass is 16.4. The standard InChI is InChI=1S/C7H14O3/c1-3-4-7(2,10)5-6(8)9/h10H,3-5H2,1-2H3,(H,8,9)/p-1. The van der Waals surface area contributed by atoms with Gasteiger partial charge in [0, 0.05) is 12.4 Å². The van der Waals surface area contributed by atoms with Gasteiger partial charge in [0.15, 0.2) is 0 Å². The average molecular weight is 145 g/mol. The maximum atomic E-state index is 10.0. The molecule has 0 saturated heterocycles. The monoisotopic (exact) mass is 145 g/mol. The summed E-state index contributed by atoms with van der Waals surface area (Å²) in [4.78, 5) is 10.0. The molecular formula is C7H13O3-. The number of rotatable bonds is 4. The van der Waals surface area contributed by atoms with E-state index in [-0.39, 0.29) is 6.42 Å². The fraction of sp³-hybridized carbons (Fsp3) is 0.857. The molecule has 3 heteroatoms. The number of hydrogen-bond acceptors (Lipinski definition) is 3. The summed E-state index contributed by atoms with van der Waals surface area (Å²) in [7, 11) is 0. The third kappa shape index (κ3) is 4.32. The van der Waals surface area contributed by atoms with Gasteiger partial charge in [-0.1, -0.05) is 13.3 Å². The number of carboxylic acids is 1. The van der Waals surface area contributed by atoms with E-state index in [1.54, 1.807) is 0 Å². The number of carboxylic acid groups (broad SMARTS) is 1. The van der Waals surface area contributed by atoms with Gasteiger partial charge in [-0.3, -0.25) is 0 Å². The quantitative estimate of drug-likeness (QED) is 0.589. The lowest BCUT2D eigenvalue weighted by atomic mass is 9.97. The van der Waals surface area contributed by atoms with Crippen molar-refractivity contribution >= 4 is 5.97 Å². The van der Waals surface area contributed by atoms with E-state index >= 15 is 0 Å². The first-order valence-electron chi connectivity index (χ1n) is 3.40. The summed E-state index contributed by atoms with van der Waals surface area (Å²) in [6.45, 7) is 3.40. The number of carbonyl (C=O) groups excluding carboxylic acids is 1. The maximum absolute atomic E-state index is 10.0. The first kappa shape index (κ1) is 9.43. The molecule has 1 unspecified atom stereocenters. The number of aliphatic carboxylic acids is 1. The lowest BCUT2D eigenvalue weighted by Crippen LogP contribution is -2.34. The van der Waals surface area contributed by atoms with Crippen LogP contribution in [-0.4, -0.2) is 16.7 Å². The largest absolute Gasteiger partial charge is 0.550 e. The van der Waals surface area contributed by atoms with Crippen molar-refractivity contribution in [3.63, 3.8) is 0 Å². The highest BCUT2D eigenvalue weighted by Crippen LogP contribution is 2.14. The molecule has 0 fully saturated rings. The maximum Gasteiger partial charge on any atom is 0.0671 e. The Balaban J connectivity index is 3.74. The molecule has 0 amide bonds. The van der Waals surface area contributed by atoms with Gasteiger partial charge in [0.1, 0.15) is 0 Å². The lowest BCUT2D eigenvalue weighted by molar-refractivity contribution is -0.309. The Morgan fingerprint density at radius 1 is 1.70 bits per heavy atom. The lowest BCUT2D eigenvalue weighted by Gasteiger charge is -2.22. The van der Waals surface area contributed by atoms with Crippen LogP contribution < -0.4 is 5.11 Å². The minimum absolute atomic E-state index is 0.277. The van der Waals surface area contributed by atoms with Crippen molar-refractivity contribution in [3.05, 3.63) is 0 Å². The number of carbonyl (C=O) groups is 1. The summed E-state index contributed by atoms with van der Waals surface area (Å²) >= 11 is 0. The molecule has 0 radical (unpaired) electrons. The summed E-state index contributed by atoms with van der Waals surface area (Å²) in [5.74, 6) is -1.20. The highest BCUT2D eigenvalue weighted by Gasteiger charge is 2.18. The minimum Gasteiger partial charge on any atom is -0.550 e. The molecule has 0 aliphatic carbocycles. The van der Waals surface area contributed by atoms with Gasteiger partial charge in [0.2, 0.25) is 0 Å². The topological polar surface area (TPSA) is 60.4 Å². The fourth-order valence-corrected chi connectivity index (χ4v) is 0.938. The van der Waals surface area contributed by atoms with Crippen LogP contribution in [0.2, 0.25) is 0 Å². The van der Waals surface area contributed by atoms with Crippen LogP contribution in [-0.2, 0) is 4.79 Å². The van der Waals surface area contributed by atoms with E-state index in [0.29, 0.717) is 6.42 Å². The molecule has 1 atom stereocenters. The van der Waals surface area contributed by atoms with Gasteiger partial charge < -0.3 is 15.0 Å². The van der Waals surface area contributed by atoms with Crippen LogP contribution in [0.5, 0.6) is 0 Å². The Morgan fingerprint density at radius 2 is 2.20 bits per heavy atom. The van der Waals surface area contributed by atoms with Crippen molar-refractivity contribution in [1.29, 1.82) is 0 Å². The van der Waals surface area contributed by atoms with Gasteiger partial charge in [-0.15, -0.1) is 0 Å². The van der Waals surface area contributed by atoms with Gasteiger partial charge in [0.05, 0.1) is 5.60 Å². The Bertz CT molecular complexity index is 118. The number of hydrogen-bond donors (Lipinski definition) is 1. The molecule has 1 N–H and O–H groups in total. The zero-order chi connectivity index (χ0) is 8.20. The Hall–Kier alpha value is -0.570. The molecule has 0 aromatic heterocycles. The molecule has 0 aliphatic heterocycles. The summed E-state index contributed by atoms with van der Waals surface area (Å²) in [6.07, 6.45) is 1.00. The molecule has 0 bridgehead atoms. The minimum atomic E-state index is -1.20. The zero-order valence-electron chi connectivity index (χ0n) is 6.39. The summed E-state index contributed by atoms with van der Waals surface area (Å²) in [6, 6.07) is 0. The molecule has 0 aliphatic rings. The molecule has 0 saturated carbocycles. The van der Waals surface area contributed by atoms with Crippen molar-refractivity contribution in [2.75, 3.05) is 0 Å². The van der Waals surface area contributed by atoms with Gasteiger partial charge in [0.25, 0.3) is 0 Å². The van der Waals surface area contributed by atoms with Crippen LogP contribution in [0.1, 0.15) is 33.1 Å². The first-order chi connectivity index (χ1) is 4.48. The smallest absolute Gasteiger partial charge is 0.0671 e. The molecule has 10 heavy (non-hydrogen) atoms. The first-order valence-corrected chi connectivity index (χ1v) is 3.40. The van der Waals surface area contributed by atoms with Gasteiger partial charge in [-0.2, -0.15) is 0 Å². The SMILES string of the molecule is CCCC(C)(O)CC(=O)[O-]. The second kappa shape index (κ2) is 3.56. The third-order valence-corrected chi connectivity index (χ3v) is 1.31. The van der Waals surface area contributed by atoms with Gasteiger partial charge in [-0.25, -0.2) is 0 Å². The van der Waals surface area contributed by atoms with Crippen LogP contribution >= 0.6 is 0 Å². The Kier molecular flexibility index (Phi) is 3.36. The van der Waals surface area contributed by atoms with E-state index < -0.39 is 11.6 Å². The summed E-state index contributed by atoms with van der Waals surface area (Å²) in [5, 5.41) is 19.3. The Labute approximate surface area is 60.7 Å². The van der Waals surface area contributed by atoms with Crippen molar-refractivity contribution in [1.82, 2.24) is 0 Å². The van der Waals surface area contributed by atoms with Crippen molar-refractivity contribution < 1.29 is 15.0 Å².